The monoisotopic (exact) mass is 456 g/mol. The Labute approximate surface area is 206 Å². The van der Waals surface area contributed by atoms with Crippen LogP contribution in [-0.4, -0.2) is 26.9 Å². The van der Waals surface area contributed by atoms with Gasteiger partial charge in [-0.2, -0.15) is 0 Å². The first-order valence-electron chi connectivity index (χ1n) is 11.7. The predicted molar refractivity (Wildman–Crippen MR) is 146 cm³/mol. The second-order valence-electron chi connectivity index (χ2n) is 8.26. The maximum Gasteiger partial charge on any atom is 0.0942 e. The van der Waals surface area contributed by atoms with Gasteiger partial charge < -0.3 is 4.57 Å². The molecule has 0 bridgehead atoms. The molecule has 0 N–H and O–H groups in total. The molecule has 0 atom stereocenters. The molecule has 4 heteroatoms. The van der Waals surface area contributed by atoms with Gasteiger partial charge in [-0.25, -0.2) is 4.98 Å². The summed E-state index contributed by atoms with van der Waals surface area (Å²) in [7, 11) is 5.80. The summed E-state index contributed by atoms with van der Waals surface area (Å²) in [5, 5.41) is 0. The lowest BCUT2D eigenvalue weighted by Crippen LogP contribution is -2.15. The zero-order valence-corrected chi connectivity index (χ0v) is 20.7. The van der Waals surface area contributed by atoms with Crippen molar-refractivity contribution < 1.29 is 0 Å². The number of rotatable bonds is 7. The summed E-state index contributed by atoms with van der Waals surface area (Å²) in [4.78, 5) is 4.13. The summed E-state index contributed by atoms with van der Waals surface area (Å²) in [6.07, 6.45) is 6.95. The molecule has 0 aliphatic carbocycles. The van der Waals surface area contributed by atoms with Crippen LogP contribution in [0.1, 0.15) is 33.6 Å². The molecule has 1 aromatic heterocycles. The summed E-state index contributed by atoms with van der Waals surface area (Å²) >= 11 is 0. The van der Waals surface area contributed by atoms with Gasteiger partial charge in [0.15, 0.2) is 0 Å². The number of hydrogen-bond donors (Lipinski definition) is 0. The molecule has 5 rings (SSSR count). The van der Waals surface area contributed by atoms with E-state index in [0.717, 1.165) is 17.3 Å². The van der Waals surface area contributed by atoms with Crippen molar-refractivity contribution in [2.75, 3.05) is 0 Å². The number of imidazole rings is 1. The number of hydrogen-bond acceptors (Lipinski definition) is 1. The van der Waals surface area contributed by atoms with Crippen LogP contribution in [0.5, 0.6) is 0 Å². The van der Waals surface area contributed by atoms with Gasteiger partial charge in [0.2, 0.25) is 0 Å². The molecule has 0 saturated heterocycles. The normalized spacial score (nSPS) is 11.0. The number of nitrogens with zero attached hydrogens (tertiary/aromatic N) is 2. The predicted octanol–water partition coefficient (Wildman–Crippen LogP) is 5.74. The Morgan fingerprint density at radius 2 is 1.03 bits per heavy atom. The molecule has 0 saturated carbocycles. The summed E-state index contributed by atoms with van der Waals surface area (Å²) in [6.45, 7) is 0. The van der Waals surface area contributed by atoms with Gasteiger partial charge in [-0.3, -0.25) is 0 Å². The summed E-state index contributed by atoms with van der Waals surface area (Å²) in [5.74, 6) is -0.0163. The fraction of sp³-hybridized carbons (Fsp3) is 0.100. The van der Waals surface area contributed by atoms with Gasteiger partial charge in [-0.05, 0) is 33.6 Å². The van der Waals surface area contributed by atoms with Gasteiger partial charge in [0, 0.05) is 18.6 Å². The van der Waals surface area contributed by atoms with Crippen molar-refractivity contribution >= 4 is 17.4 Å². The molecule has 4 aromatic carbocycles. The summed E-state index contributed by atoms with van der Waals surface area (Å²) in [6, 6.07) is 42.0. The van der Waals surface area contributed by atoms with Crippen molar-refractivity contribution in [1.82, 2.24) is 9.55 Å². The molecule has 2 radical (unpaired) electrons. The Hall–Kier alpha value is -3.63. The highest BCUT2D eigenvalue weighted by Gasteiger charge is 2.14. The van der Waals surface area contributed by atoms with Crippen LogP contribution in [0.4, 0.5) is 0 Å². The Bertz CT molecular complexity index is 1120. The molecule has 34 heavy (non-hydrogen) atoms. The third kappa shape index (κ3) is 6.69. The van der Waals surface area contributed by atoms with Gasteiger partial charge in [0.05, 0.1) is 23.7 Å². The summed E-state index contributed by atoms with van der Waals surface area (Å²) < 4.78 is 2.20. The molecule has 0 aliphatic rings. The maximum atomic E-state index is 6.12. The molecule has 1 heterocycles. The lowest BCUT2D eigenvalue weighted by Gasteiger charge is -2.17. The molecule has 5 aromatic rings. The van der Waals surface area contributed by atoms with E-state index in [1.807, 2.05) is 48.9 Å². The maximum absolute atomic E-state index is 6.12. The van der Waals surface area contributed by atoms with E-state index in [0.29, 0.717) is 5.54 Å². The van der Waals surface area contributed by atoms with Crippen molar-refractivity contribution in [2.45, 2.75) is 17.5 Å². The number of aromatic nitrogens is 2. The van der Waals surface area contributed by atoms with Gasteiger partial charge in [-0.15, -0.1) is 0 Å². The van der Waals surface area contributed by atoms with Crippen molar-refractivity contribution in [3.8, 4) is 0 Å². The van der Waals surface area contributed by atoms with Gasteiger partial charge in [-0.1, -0.05) is 121 Å². The molecule has 2 nitrogen and oxygen atoms in total. The highest BCUT2D eigenvalue weighted by atomic mass is 28.2. The quantitative estimate of drug-likeness (QED) is 0.286. The topological polar surface area (TPSA) is 17.8 Å². The molecular weight excluding hydrogens is 427 g/mol. The number of benzene rings is 4. The van der Waals surface area contributed by atoms with Crippen LogP contribution in [0.25, 0.3) is 0 Å². The second kappa shape index (κ2) is 12.6. The van der Waals surface area contributed by atoms with Crippen LogP contribution in [-0.2, 0) is 6.17 Å². The minimum atomic E-state index is -0.317. The SMILES string of the molecule is [B]C(c1ccccc1)c1ccccc1.c1ccc(C([SiH2]Cn2ccnc2)c2ccccc2)cc1. The third-order valence-electron chi connectivity index (χ3n) is 5.96. The Morgan fingerprint density at radius 1 is 0.618 bits per heavy atom. The van der Waals surface area contributed by atoms with E-state index in [-0.39, 0.29) is 15.3 Å². The molecule has 0 amide bonds. The van der Waals surface area contributed by atoms with Crippen LogP contribution in [0, 0.1) is 0 Å². The molecule has 0 fully saturated rings. The van der Waals surface area contributed by atoms with E-state index in [2.05, 4.69) is 101 Å². The Balaban J connectivity index is 0.000000172. The van der Waals surface area contributed by atoms with E-state index < -0.39 is 0 Å². The molecular formula is C30H29BN2Si. The summed E-state index contributed by atoms with van der Waals surface area (Å²) in [5.41, 5.74) is 5.74. The average molecular weight is 456 g/mol. The zero-order valence-electron chi connectivity index (χ0n) is 19.3. The van der Waals surface area contributed by atoms with E-state index >= 15 is 0 Å². The minimum absolute atomic E-state index is 0.0163. The standard InChI is InChI=1S/C17H18N2Si.C13H11B/c1-3-7-15(8-4-1)17(16-9-5-2-6-10-16)20-14-19-12-11-18-13-19;14-13(11-7-3-1-4-8-11)12-9-5-2-6-10-12/h1-13,17H,14,20H2;1-10,13H. The fourth-order valence-corrected chi connectivity index (χ4v) is 6.14. The molecule has 0 spiro atoms. The highest BCUT2D eigenvalue weighted by molar-refractivity contribution is 6.37. The smallest absolute Gasteiger partial charge is 0.0942 e. The molecule has 166 valence electrons. The van der Waals surface area contributed by atoms with Gasteiger partial charge in [0.1, 0.15) is 0 Å². The molecule has 0 unspecified atom stereocenters. The van der Waals surface area contributed by atoms with Crippen LogP contribution < -0.4 is 0 Å². The largest absolute Gasteiger partial charge is 0.341 e. The van der Waals surface area contributed by atoms with Crippen LogP contribution in [0.2, 0.25) is 0 Å². The van der Waals surface area contributed by atoms with Gasteiger partial charge in [0.25, 0.3) is 0 Å². The van der Waals surface area contributed by atoms with Crippen LogP contribution >= 0.6 is 0 Å². The van der Waals surface area contributed by atoms with E-state index in [1.165, 1.54) is 11.1 Å². The fourth-order valence-electron chi connectivity index (χ4n) is 4.11. The van der Waals surface area contributed by atoms with Crippen molar-refractivity contribution in [3.63, 3.8) is 0 Å². The van der Waals surface area contributed by atoms with E-state index in [1.54, 1.807) is 0 Å². The first kappa shape index (κ1) is 23.5. The van der Waals surface area contributed by atoms with E-state index in [4.69, 9.17) is 7.85 Å². The second-order valence-corrected chi connectivity index (χ2v) is 10.1. The highest BCUT2D eigenvalue weighted by Crippen LogP contribution is 2.23. The lowest BCUT2D eigenvalue weighted by molar-refractivity contribution is 0.858. The molecule has 0 aliphatic heterocycles. The van der Waals surface area contributed by atoms with E-state index in [9.17, 15) is 0 Å². The van der Waals surface area contributed by atoms with Crippen molar-refractivity contribution in [1.29, 1.82) is 0 Å². The first-order valence-corrected chi connectivity index (χ1v) is 13.5. The zero-order chi connectivity index (χ0) is 23.4. The third-order valence-corrected chi connectivity index (χ3v) is 8.25. The van der Waals surface area contributed by atoms with Crippen molar-refractivity contribution in [2.24, 2.45) is 0 Å². The van der Waals surface area contributed by atoms with Gasteiger partial charge >= 0.3 is 0 Å². The lowest BCUT2D eigenvalue weighted by atomic mass is 9.76. The minimum Gasteiger partial charge on any atom is -0.341 e. The Morgan fingerprint density at radius 3 is 1.41 bits per heavy atom. The Kier molecular flexibility index (Phi) is 8.70. The van der Waals surface area contributed by atoms with Crippen LogP contribution in [0.3, 0.4) is 0 Å². The van der Waals surface area contributed by atoms with Crippen molar-refractivity contribution in [3.05, 3.63) is 162 Å². The first-order chi connectivity index (χ1) is 16.8. The average Bonchev–Trinajstić information content (AvgIpc) is 3.45. The van der Waals surface area contributed by atoms with Crippen LogP contribution in [0.15, 0.2) is 140 Å².